The predicted molar refractivity (Wildman–Crippen MR) is 111 cm³/mol. The van der Waals surface area contributed by atoms with E-state index in [0.29, 0.717) is 34.9 Å². The van der Waals surface area contributed by atoms with Crippen molar-refractivity contribution in [2.45, 2.75) is 13.5 Å². The van der Waals surface area contributed by atoms with Gasteiger partial charge in [-0.1, -0.05) is 35.5 Å². The summed E-state index contributed by atoms with van der Waals surface area (Å²) in [7, 11) is -1.52. The maximum Gasteiger partial charge on any atom is 0.488 e. The fourth-order valence-corrected chi connectivity index (χ4v) is 3.05. The second kappa shape index (κ2) is 7.89. The number of nitrogens with zero attached hydrogens (tertiary/aromatic N) is 5. The van der Waals surface area contributed by atoms with E-state index < -0.39 is 13.0 Å². The molecule has 0 spiro atoms. The number of fused-ring (bicyclic) bond motifs is 1. The van der Waals surface area contributed by atoms with Crippen molar-refractivity contribution >= 4 is 29.8 Å². The standard InChI is InChI=1S/C19H18BN7O3/c1-11-9-22-19(16-14-6-3-7-15(17(21)28)27(14)26-25-16)24-18(11)23-10-12-4-2-5-13(8-12)20(29)30/h2-9,29-30H,10H2,1H3,(H2,21,28)(H,22,23,24). The van der Waals surface area contributed by atoms with Gasteiger partial charge in [-0.2, -0.15) is 0 Å². The zero-order valence-corrected chi connectivity index (χ0v) is 16.0. The molecule has 1 amide bonds. The lowest BCUT2D eigenvalue weighted by Gasteiger charge is -2.10. The van der Waals surface area contributed by atoms with Crippen molar-refractivity contribution in [1.82, 2.24) is 24.8 Å². The molecular weight excluding hydrogens is 385 g/mol. The fourth-order valence-electron chi connectivity index (χ4n) is 3.05. The number of carbonyl (C=O) groups is 1. The topological polar surface area (TPSA) is 152 Å². The zero-order valence-electron chi connectivity index (χ0n) is 16.0. The molecule has 150 valence electrons. The molecule has 0 atom stereocenters. The fraction of sp³-hybridized carbons (Fsp3) is 0.105. The molecule has 30 heavy (non-hydrogen) atoms. The highest BCUT2D eigenvalue weighted by atomic mass is 16.4. The van der Waals surface area contributed by atoms with Crippen LogP contribution in [0.25, 0.3) is 17.0 Å². The summed E-state index contributed by atoms with van der Waals surface area (Å²) in [5.41, 5.74) is 8.69. The molecule has 4 aromatic rings. The van der Waals surface area contributed by atoms with Gasteiger partial charge in [-0.15, -0.1) is 5.10 Å². The molecular formula is C19H18BN7O3. The third kappa shape index (κ3) is 3.71. The Hall–Kier alpha value is -3.83. The third-order valence-electron chi connectivity index (χ3n) is 4.59. The van der Waals surface area contributed by atoms with Crippen LogP contribution in [0.15, 0.2) is 48.7 Å². The van der Waals surface area contributed by atoms with E-state index in [9.17, 15) is 14.8 Å². The molecule has 4 rings (SSSR count). The molecule has 1 aromatic carbocycles. The molecule has 0 saturated heterocycles. The molecule has 0 fully saturated rings. The number of nitrogens with one attached hydrogen (secondary N) is 1. The molecule has 0 aliphatic rings. The minimum atomic E-state index is -1.52. The Morgan fingerprint density at radius 2 is 2.03 bits per heavy atom. The van der Waals surface area contributed by atoms with Gasteiger partial charge >= 0.3 is 7.12 Å². The number of nitrogens with two attached hydrogens (primary N) is 1. The summed E-state index contributed by atoms with van der Waals surface area (Å²) in [6.07, 6.45) is 1.67. The Morgan fingerprint density at radius 3 is 2.80 bits per heavy atom. The minimum Gasteiger partial charge on any atom is -0.423 e. The summed E-state index contributed by atoms with van der Waals surface area (Å²) in [6, 6.07) is 12.0. The van der Waals surface area contributed by atoms with Crippen LogP contribution in [0.4, 0.5) is 5.82 Å². The number of pyridine rings is 1. The van der Waals surface area contributed by atoms with E-state index in [1.54, 1.807) is 42.6 Å². The quantitative estimate of drug-likeness (QED) is 0.326. The first-order valence-corrected chi connectivity index (χ1v) is 9.11. The SMILES string of the molecule is Cc1cnc(-c2nnn3c(C(N)=O)cccc23)nc1NCc1cccc(B(O)O)c1. The Balaban J connectivity index is 1.64. The maximum atomic E-state index is 11.6. The molecule has 10 nitrogen and oxygen atoms in total. The van der Waals surface area contributed by atoms with Gasteiger partial charge in [-0.25, -0.2) is 14.5 Å². The third-order valence-corrected chi connectivity index (χ3v) is 4.59. The lowest BCUT2D eigenvalue weighted by molar-refractivity contribution is 0.0993. The highest BCUT2D eigenvalue weighted by molar-refractivity contribution is 6.58. The van der Waals surface area contributed by atoms with Crippen molar-refractivity contribution in [2.75, 3.05) is 5.32 Å². The van der Waals surface area contributed by atoms with E-state index in [0.717, 1.165) is 11.1 Å². The molecule has 0 bridgehead atoms. The molecule has 3 aromatic heterocycles. The van der Waals surface area contributed by atoms with Crippen LogP contribution in [-0.4, -0.2) is 47.9 Å². The van der Waals surface area contributed by atoms with Gasteiger partial charge in [-0.3, -0.25) is 4.79 Å². The van der Waals surface area contributed by atoms with Gasteiger partial charge in [0, 0.05) is 18.3 Å². The van der Waals surface area contributed by atoms with Gasteiger partial charge in [0.15, 0.2) is 11.5 Å². The summed E-state index contributed by atoms with van der Waals surface area (Å²) in [4.78, 5) is 20.5. The zero-order chi connectivity index (χ0) is 21.3. The number of primary amides is 1. The highest BCUT2D eigenvalue weighted by Gasteiger charge is 2.17. The number of benzene rings is 1. The van der Waals surface area contributed by atoms with Crippen molar-refractivity contribution in [2.24, 2.45) is 5.73 Å². The summed E-state index contributed by atoms with van der Waals surface area (Å²) in [5, 5.41) is 30.0. The first kappa shape index (κ1) is 19.5. The van der Waals surface area contributed by atoms with Crippen LogP contribution in [-0.2, 0) is 6.54 Å². The molecule has 3 heterocycles. The van der Waals surface area contributed by atoms with E-state index in [1.807, 2.05) is 13.0 Å². The maximum absolute atomic E-state index is 11.6. The lowest BCUT2D eigenvalue weighted by atomic mass is 9.80. The van der Waals surface area contributed by atoms with Crippen molar-refractivity contribution in [1.29, 1.82) is 0 Å². The Morgan fingerprint density at radius 1 is 1.23 bits per heavy atom. The van der Waals surface area contributed by atoms with Gasteiger partial charge in [0.05, 0.1) is 5.52 Å². The van der Waals surface area contributed by atoms with Crippen LogP contribution < -0.4 is 16.5 Å². The van der Waals surface area contributed by atoms with Crippen molar-refractivity contribution in [3.8, 4) is 11.5 Å². The molecule has 0 radical (unpaired) electrons. The van der Waals surface area contributed by atoms with Crippen LogP contribution in [0.3, 0.4) is 0 Å². The number of hydrogen-bond acceptors (Lipinski definition) is 8. The average molecular weight is 403 g/mol. The number of amides is 1. The second-order valence-corrected chi connectivity index (χ2v) is 6.71. The Bertz CT molecular complexity index is 1240. The van der Waals surface area contributed by atoms with E-state index in [-0.39, 0.29) is 5.69 Å². The van der Waals surface area contributed by atoms with Gasteiger partial charge in [0.25, 0.3) is 5.91 Å². The molecule has 0 aliphatic carbocycles. The number of rotatable bonds is 6. The number of aromatic nitrogens is 5. The second-order valence-electron chi connectivity index (χ2n) is 6.71. The average Bonchev–Trinajstić information content (AvgIpc) is 3.17. The van der Waals surface area contributed by atoms with Crippen LogP contribution in [0.1, 0.15) is 21.6 Å². The smallest absolute Gasteiger partial charge is 0.423 e. The monoisotopic (exact) mass is 403 g/mol. The lowest BCUT2D eigenvalue weighted by Crippen LogP contribution is -2.30. The van der Waals surface area contributed by atoms with Crippen LogP contribution >= 0.6 is 0 Å². The number of carbonyl (C=O) groups excluding carboxylic acids is 1. The van der Waals surface area contributed by atoms with Crippen LogP contribution in [0.2, 0.25) is 0 Å². The molecule has 5 N–H and O–H groups in total. The van der Waals surface area contributed by atoms with E-state index in [4.69, 9.17) is 5.73 Å². The van der Waals surface area contributed by atoms with E-state index in [2.05, 4.69) is 25.6 Å². The van der Waals surface area contributed by atoms with Crippen molar-refractivity contribution < 1.29 is 14.8 Å². The number of anilines is 1. The number of hydrogen-bond donors (Lipinski definition) is 4. The van der Waals surface area contributed by atoms with Gasteiger partial charge < -0.3 is 21.1 Å². The van der Waals surface area contributed by atoms with Gasteiger partial charge in [0.1, 0.15) is 11.5 Å². The van der Waals surface area contributed by atoms with Gasteiger partial charge in [0.2, 0.25) is 0 Å². The highest BCUT2D eigenvalue weighted by Crippen LogP contribution is 2.22. The Labute approximate surface area is 171 Å². The molecule has 0 saturated carbocycles. The Kier molecular flexibility index (Phi) is 5.13. The summed E-state index contributed by atoms with van der Waals surface area (Å²) >= 11 is 0. The molecule has 11 heteroatoms. The van der Waals surface area contributed by atoms with Crippen LogP contribution in [0, 0.1) is 6.92 Å². The minimum absolute atomic E-state index is 0.211. The first-order chi connectivity index (χ1) is 14.4. The van der Waals surface area contributed by atoms with Crippen LogP contribution in [0.5, 0.6) is 0 Å². The van der Waals surface area contributed by atoms with E-state index >= 15 is 0 Å². The normalized spacial score (nSPS) is 10.9. The summed E-state index contributed by atoms with van der Waals surface area (Å²) in [6.45, 7) is 2.29. The van der Waals surface area contributed by atoms with Crippen molar-refractivity contribution in [3.63, 3.8) is 0 Å². The predicted octanol–water partition coefficient (Wildman–Crippen LogP) is -0.114. The van der Waals surface area contributed by atoms with E-state index in [1.165, 1.54) is 4.52 Å². The molecule has 0 unspecified atom stereocenters. The summed E-state index contributed by atoms with van der Waals surface area (Å²) in [5.74, 6) is 0.334. The van der Waals surface area contributed by atoms with Gasteiger partial charge in [-0.05, 0) is 30.1 Å². The first-order valence-electron chi connectivity index (χ1n) is 9.11. The summed E-state index contributed by atoms with van der Waals surface area (Å²) < 4.78 is 1.36. The molecule has 0 aliphatic heterocycles. The van der Waals surface area contributed by atoms with Crippen molar-refractivity contribution in [3.05, 3.63) is 65.5 Å². The number of aryl methyl sites for hydroxylation is 1. The largest absolute Gasteiger partial charge is 0.488 e.